The summed E-state index contributed by atoms with van der Waals surface area (Å²) < 4.78 is 19.0. The van der Waals surface area contributed by atoms with Crippen LogP contribution in [0.25, 0.3) is 0 Å². The molecule has 2 unspecified atom stereocenters. The Morgan fingerprint density at radius 2 is 2.08 bits per heavy atom. The summed E-state index contributed by atoms with van der Waals surface area (Å²) >= 11 is 0. The summed E-state index contributed by atoms with van der Waals surface area (Å²) in [6.07, 6.45) is 0.745. The molecule has 0 saturated heterocycles. The Kier molecular flexibility index (Phi) is 3.70. The molecule has 4 rings (SSSR count). The number of primary amides is 1. The van der Waals surface area contributed by atoms with Crippen LogP contribution in [0.15, 0.2) is 42.5 Å². The molecule has 2 aliphatic rings. The number of para-hydroxylation sites is 1. The maximum Gasteiger partial charge on any atom is 0.269 e. The van der Waals surface area contributed by atoms with Crippen molar-refractivity contribution in [3.8, 4) is 0 Å². The van der Waals surface area contributed by atoms with Gasteiger partial charge in [0.15, 0.2) is 0 Å². The first kappa shape index (κ1) is 15.1. The van der Waals surface area contributed by atoms with Gasteiger partial charge < -0.3 is 10.5 Å². The van der Waals surface area contributed by atoms with Crippen molar-refractivity contribution in [2.75, 3.05) is 5.01 Å². The van der Waals surface area contributed by atoms with Crippen LogP contribution in [0.4, 0.5) is 10.1 Å². The van der Waals surface area contributed by atoms with Crippen molar-refractivity contribution in [2.24, 2.45) is 5.73 Å². The molecular weight excluding hydrogens is 309 g/mol. The molecule has 0 fully saturated rings. The molecule has 3 N–H and O–H groups in total. The summed E-state index contributed by atoms with van der Waals surface area (Å²) in [7, 11) is 0. The lowest BCUT2D eigenvalue weighted by molar-refractivity contribution is -0.131. The van der Waals surface area contributed by atoms with Gasteiger partial charge in [0.25, 0.3) is 5.91 Å². The van der Waals surface area contributed by atoms with E-state index in [1.165, 1.54) is 6.07 Å². The third kappa shape index (κ3) is 2.53. The smallest absolute Gasteiger partial charge is 0.269 e. The van der Waals surface area contributed by atoms with Crippen LogP contribution >= 0.6 is 0 Å². The van der Waals surface area contributed by atoms with Crippen LogP contribution in [0.5, 0.6) is 0 Å². The van der Waals surface area contributed by atoms with Gasteiger partial charge in [0.1, 0.15) is 5.82 Å². The first-order chi connectivity index (χ1) is 11.6. The fourth-order valence-corrected chi connectivity index (χ4v) is 3.47. The molecule has 2 aromatic rings. The van der Waals surface area contributed by atoms with Crippen molar-refractivity contribution in [3.63, 3.8) is 0 Å². The van der Waals surface area contributed by atoms with Gasteiger partial charge in [-0.25, -0.2) is 9.82 Å². The van der Waals surface area contributed by atoms with Crippen molar-refractivity contribution >= 4 is 11.6 Å². The second-order valence-corrected chi connectivity index (χ2v) is 6.13. The number of anilines is 1. The third-order valence-electron chi connectivity index (χ3n) is 4.60. The van der Waals surface area contributed by atoms with Gasteiger partial charge in [0.2, 0.25) is 6.23 Å². The zero-order valence-electron chi connectivity index (χ0n) is 13.0. The number of ether oxygens (including phenoxy) is 1. The number of fused-ring (bicyclic) bond motifs is 2. The van der Waals surface area contributed by atoms with E-state index in [1.54, 1.807) is 17.1 Å². The Balaban J connectivity index is 1.66. The summed E-state index contributed by atoms with van der Waals surface area (Å²) in [5, 5.41) is 1.70. The van der Waals surface area contributed by atoms with E-state index in [9.17, 15) is 9.18 Å². The minimum atomic E-state index is -0.871. The van der Waals surface area contributed by atoms with Crippen molar-refractivity contribution in [2.45, 2.75) is 31.7 Å². The molecule has 0 bridgehead atoms. The largest absolute Gasteiger partial charge is 0.366 e. The van der Waals surface area contributed by atoms with Crippen LogP contribution < -0.4 is 16.2 Å². The Labute approximate surface area is 139 Å². The number of benzene rings is 2. The van der Waals surface area contributed by atoms with Crippen LogP contribution in [0.3, 0.4) is 0 Å². The predicted octanol–water partition coefficient (Wildman–Crippen LogP) is 2.17. The summed E-state index contributed by atoms with van der Waals surface area (Å²) in [5.74, 6) is -0.773. The van der Waals surface area contributed by atoms with E-state index in [0.29, 0.717) is 6.61 Å². The molecule has 2 atom stereocenters. The van der Waals surface area contributed by atoms with Crippen LogP contribution in [0, 0.1) is 5.82 Å². The Hall–Kier alpha value is -2.44. The number of hydrogen-bond acceptors (Lipinski definition) is 4. The Morgan fingerprint density at radius 1 is 1.25 bits per heavy atom. The quantitative estimate of drug-likeness (QED) is 0.907. The number of hydrazine groups is 1. The molecule has 0 saturated carbocycles. The van der Waals surface area contributed by atoms with Gasteiger partial charge in [-0.15, -0.1) is 0 Å². The Morgan fingerprint density at radius 3 is 2.92 bits per heavy atom. The molecule has 1 aliphatic carbocycles. The van der Waals surface area contributed by atoms with E-state index in [1.807, 2.05) is 24.3 Å². The van der Waals surface area contributed by atoms with E-state index in [0.717, 1.165) is 35.2 Å². The van der Waals surface area contributed by atoms with Gasteiger partial charge in [-0.05, 0) is 42.2 Å². The summed E-state index contributed by atoms with van der Waals surface area (Å²) in [4.78, 5) is 11.8. The lowest BCUT2D eigenvalue weighted by Crippen LogP contribution is -2.56. The van der Waals surface area contributed by atoms with Crippen LogP contribution in [0.1, 0.15) is 29.2 Å². The minimum absolute atomic E-state index is 0.0165. The number of amides is 1. The number of nitrogens with zero attached hydrogens (tertiary/aromatic N) is 1. The molecular formula is C18H18FN3O2. The van der Waals surface area contributed by atoms with Gasteiger partial charge in [0.05, 0.1) is 18.3 Å². The fourth-order valence-electron chi connectivity index (χ4n) is 3.47. The third-order valence-corrected chi connectivity index (χ3v) is 4.60. The molecule has 0 radical (unpaired) electrons. The molecule has 6 heteroatoms. The van der Waals surface area contributed by atoms with Gasteiger partial charge in [-0.3, -0.25) is 9.80 Å². The van der Waals surface area contributed by atoms with Crippen molar-refractivity contribution in [3.05, 3.63) is 65.0 Å². The lowest BCUT2D eigenvalue weighted by atomic mass is 10.1. The number of nitrogens with one attached hydrogen (secondary N) is 1. The minimum Gasteiger partial charge on any atom is -0.366 e. The molecule has 2 aromatic carbocycles. The van der Waals surface area contributed by atoms with Crippen LogP contribution in [-0.4, -0.2) is 12.1 Å². The highest BCUT2D eigenvalue weighted by Crippen LogP contribution is 2.34. The zero-order chi connectivity index (χ0) is 16.7. The highest BCUT2D eigenvalue weighted by molar-refractivity contribution is 5.82. The maximum absolute atomic E-state index is 13.4. The lowest BCUT2D eigenvalue weighted by Gasteiger charge is -2.38. The SMILES string of the molecule is NC(=O)C1OCc2ccccc2N1NC1CCc2cc(F)ccc21. The second kappa shape index (κ2) is 5.89. The number of carbonyl (C=O) groups is 1. The zero-order valence-corrected chi connectivity index (χ0v) is 13.0. The number of nitrogens with two attached hydrogens (primary N) is 1. The van der Waals surface area contributed by atoms with E-state index in [4.69, 9.17) is 10.5 Å². The maximum atomic E-state index is 13.4. The average molecular weight is 327 g/mol. The summed E-state index contributed by atoms with van der Waals surface area (Å²) in [5.41, 5.74) is 12.8. The van der Waals surface area contributed by atoms with Gasteiger partial charge in [-0.2, -0.15) is 0 Å². The van der Waals surface area contributed by atoms with Crippen molar-refractivity contribution < 1.29 is 13.9 Å². The van der Waals surface area contributed by atoms with Gasteiger partial charge >= 0.3 is 0 Å². The van der Waals surface area contributed by atoms with E-state index in [2.05, 4.69) is 5.43 Å². The highest BCUT2D eigenvalue weighted by Gasteiger charge is 2.34. The summed E-state index contributed by atoms with van der Waals surface area (Å²) in [6.45, 7) is 0.342. The van der Waals surface area contributed by atoms with Crippen LogP contribution in [0.2, 0.25) is 0 Å². The molecule has 1 aliphatic heterocycles. The topological polar surface area (TPSA) is 67.6 Å². The van der Waals surface area contributed by atoms with Gasteiger partial charge in [-0.1, -0.05) is 24.3 Å². The van der Waals surface area contributed by atoms with E-state index >= 15 is 0 Å². The highest BCUT2D eigenvalue weighted by atomic mass is 19.1. The summed E-state index contributed by atoms with van der Waals surface area (Å²) in [6, 6.07) is 12.5. The molecule has 124 valence electrons. The molecule has 1 heterocycles. The van der Waals surface area contributed by atoms with E-state index < -0.39 is 12.1 Å². The number of carbonyl (C=O) groups excluding carboxylic acids is 1. The number of aryl methyl sites for hydroxylation is 1. The van der Waals surface area contributed by atoms with Crippen molar-refractivity contribution in [1.29, 1.82) is 0 Å². The van der Waals surface area contributed by atoms with E-state index in [-0.39, 0.29) is 11.9 Å². The number of halogens is 1. The standard InChI is InChI=1S/C18H18FN3O2/c19-13-6-7-14-11(9-13)5-8-15(14)21-22-16-4-2-1-3-12(16)10-24-18(22)17(20)23/h1-4,6-7,9,15,18,21H,5,8,10H2,(H2,20,23). The first-order valence-corrected chi connectivity index (χ1v) is 7.96. The van der Waals surface area contributed by atoms with Crippen LogP contribution in [-0.2, 0) is 22.6 Å². The van der Waals surface area contributed by atoms with Gasteiger partial charge in [0, 0.05) is 5.56 Å². The average Bonchev–Trinajstić information content (AvgIpc) is 2.97. The number of rotatable bonds is 3. The molecule has 1 amide bonds. The molecule has 0 spiro atoms. The Bertz CT molecular complexity index is 796. The monoisotopic (exact) mass is 327 g/mol. The normalized spacial score (nSPS) is 22.1. The molecule has 0 aromatic heterocycles. The molecule has 24 heavy (non-hydrogen) atoms. The first-order valence-electron chi connectivity index (χ1n) is 7.96. The molecule has 5 nitrogen and oxygen atoms in total. The second-order valence-electron chi connectivity index (χ2n) is 6.13. The van der Waals surface area contributed by atoms with Crippen molar-refractivity contribution in [1.82, 2.24) is 5.43 Å². The fraction of sp³-hybridized carbons (Fsp3) is 0.278. The number of hydrogen-bond donors (Lipinski definition) is 2. The predicted molar refractivity (Wildman–Crippen MR) is 87.3 cm³/mol.